The molecule has 0 saturated carbocycles. The summed E-state index contributed by atoms with van der Waals surface area (Å²) in [5.74, 6) is 0.254. The zero-order valence-corrected chi connectivity index (χ0v) is 13.8. The van der Waals surface area contributed by atoms with Crippen LogP contribution in [0.25, 0.3) is 10.9 Å². The zero-order valence-electron chi connectivity index (χ0n) is 13.8. The molecule has 0 radical (unpaired) electrons. The van der Waals surface area contributed by atoms with Crippen molar-refractivity contribution in [2.45, 2.75) is 20.8 Å². The molecule has 0 aliphatic heterocycles. The second-order valence-electron chi connectivity index (χ2n) is 5.89. The molecule has 1 heterocycles. The molecule has 0 saturated heterocycles. The summed E-state index contributed by atoms with van der Waals surface area (Å²) in [4.78, 5) is 4.61. The number of pyridine rings is 1. The fourth-order valence-corrected chi connectivity index (χ4v) is 2.72. The maximum atomic E-state index is 9.76. The molecule has 0 aliphatic carbocycles. The lowest BCUT2D eigenvalue weighted by molar-refractivity contribution is 0.403. The molecule has 0 unspecified atom stereocenters. The second kappa shape index (κ2) is 6.20. The van der Waals surface area contributed by atoms with Crippen molar-refractivity contribution in [3.05, 3.63) is 58.7 Å². The van der Waals surface area contributed by atoms with E-state index in [9.17, 15) is 10.2 Å². The Morgan fingerprint density at radius 1 is 1.04 bits per heavy atom. The van der Waals surface area contributed by atoms with Gasteiger partial charge in [-0.15, -0.1) is 0 Å². The number of aromatic nitrogens is 1. The van der Waals surface area contributed by atoms with Gasteiger partial charge >= 0.3 is 0 Å². The van der Waals surface area contributed by atoms with Crippen LogP contribution in [0, 0.1) is 20.8 Å². The van der Waals surface area contributed by atoms with Gasteiger partial charge in [-0.1, -0.05) is 17.7 Å². The van der Waals surface area contributed by atoms with Gasteiger partial charge in [0, 0.05) is 10.9 Å². The minimum absolute atomic E-state index is 0.176. The van der Waals surface area contributed by atoms with Crippen molar-refractivity contribution >= 4 is 22.9 Å². The van der Waals surface area contributed by atoms with E-state index >= 15 is 0 Å². The number of aryl methyl sites for hydroxylation is 3. The highest BCUT2D eigenvalue weighted by molar-refractivity contribution is 5.88. The topological polar surface area (TPSA) is 77.7 Å². The number of hydrogen-bond acceptors (Lipinski definition) is 5. The highest BCUT2D eigenvalue weighted by atomic mass is 16.3. The SMILES string of the molecule is Cc1cc(C)c2nc(NN=Cc3cccc(O)c3O)cc(C)c2c1. The van der Waals surface area contributed by atoms with Crippen molar-refractivity contribution in [3.8, 4) is 11.5 Å². The van der Waals surface area contributed by atoms with Gasteiger partial charge in [-0.2, -0.15) is 5.10 Å². The monoisotopic (exact) mass is 321 g/mol. The van der Waals surface area contributed by atoms with Crippen LogP contribution in [0.15, 0.2) is 41.5 Å². The summed E-state index contributed by atoms with van der Waals surface area (Å²) < 4.78 is 0. The lowest BCUT2D eigenvalue weighted by Crippen LogP contribution is -1.97. The standard InChI is InChI=1S/C19H19N3O2/c1-11-7-13(3)18-15(8-11)12(2)9-17(21-18)22-20-10-14-5-4-6-16(23)19(14)24/h4-10,23-24H,1-3H3,(H,21,22). The summed E-state index contributed by atoms with van der Waals surface area (Å²) in [6.45, 7) is 6.16. The van der Waals surface area contributed by atoms with Gasteiger partial charge in [-0.05, 0) is 56.2 Å². The van der Waals surface area contributed by atoms with E-state index in [1.807, 2.05) is 19.9 Å². The smallest absolute Gasteiger partial charge is 0.166 e. The van der Waals surface area contributed by atoms with Gasteiger partial charge in [0.05, 0.1) is 11.7 Å². The van der Waals surface area contributed by atoms with Gasteiger partial charge in [-0.25, -0.2) is 4.98 Å². The molecule has 3 aromatic rings. The van der Waals surface area contributed by atoms with Crippen LogP contribution in [0.3, 0.4) is 0 Å². The van der Waals surface area contributed by atoms with E-state index in [-0.39, 0.29) is 11.5 Å². The summed E-state index contributed by atoms with van der Waals surface area (Å²) in [6.07, 6.45) is 1.44. The first-order chi connectivity index (χ1) is 11.5. The number of benzene rings is 2. The highest BCUT2D eigenvalue weighted by Crippen LogP contribution is 2.27. The van der Waals surface area contributed by atoms with Gasteiger partial charge in [0.1, 0.15) is 5.82 Å². The van der Waals surface area contributed by atoms with Crippen molar-refractivity contribution < 1.29 is 10.2 Å². The Labute approximate surface area is 140 Å². The fraction of sp³-hybridized carbons (Fsp3) is 0.158. The normalized spacial score (nSPS) is 11.3. The molecule has 0 bridgehead atoms. The molecular weight excluding hydrogens is 302 g/mol. The number of rotatable bonds is 3. The molecule has 0 aliphatic rings. The Kier molecular flexibility index (Phi) is 4.08. The number of nitrogens with zero attached hydrogens (tertiary/aromatic N) is 2. The van der Waals surface area contributed by atoms with Crippen LogP contribution in [0.5, 0.6) is 11.5 Å². The van der Waals surface area contributed by atoms with E-state index in [1.54, 1.807) is 12.1 Å². The largest absolute Gasteiger partial charge is 0.504 e. The minimum atomic E-state index is -0.197. The van der Waals surface area contributed by atoms with E-state index < -0.39 is 0 Å². The first kappa shape index (κ1) is 15.8. The third kappa shape index (κ3) is 3.01. The van der Waals surface area contributed by atoms with Crippen LogP contribution in [0.1, 0.15) is 22.3 Å². The number of para-hydroxylation sites is 1. The minimum Gasteiger partial charge on any atom is -0.504 e. The summed E-state index contributed by atoms with van der Waals surface area (Å²) in [6, 6.07) is 10.9. The van der Waals surface area contributed by atoms with Crippen LogP contribution >= 0.6 is 0 Å². The number of aromatic hydroxyl groups is 2. The zero-order chi connectivity index (χ0) is 17.3. The van der Waals surface area contributed by atoms with E-state index in [4.69, 9.17) is 0 Å². The average Bonchev–Trinajstić information content (AvgIpc) is 2.53. The van der Waals surface area contributed by atoms with Crippen molar-refractivity contribution in [3.63, 3.8) is 0 Å². The highest BCUT2D eigenvalue weighted by Gasteiger charge is 2.06. The Morgan fingerprint density at radius 2 is 1.83 bits per heavy atom. The summed E-state index contributed by atoms with van der Waals surface area (Å²) in [5.41, 5.74) is 7.69. The van der Waals surface area contributed by atoms with Crippen molar-refractivity contribution in [1.29, 1.82) is 0 Å². The fourth-order valence-electron chi connectivity index (χ4n) is 2.72. The first-order valence-electron chi connectivity index (χ1n) is 7.64. The van der Waals surface area contributed by atoms with Gasteiger partial charge in [0.15, 0.2) is 11.5 Å². The lowest BCUT2D eigenvalue weighted by Gasteiger charge is -2.09. The Hall–Kier alpha value is -3.08. The predicted octanol–water partition coefficient (Wildman–Crippen LogP) is 4.02. The molecule has 0 fully saturated rings. The molecule has 3 rings (SSSR count). The predicted molar refractivity (Wildman–Crippen MR) is 96.9 cm³/mol. The van der Waals surface area contributed by atoms with Crippen molar-refractivity contribution in [2.75, 3.05) is 5.43 Å². The third-order valence-corrected chi connectivity index (χ3v) is 3.88. The van der Waals surface area contributed by atoms with Crippen molar-refractivity contribution in [1.82, 2.24) is 4.98 Å². The number of phenols is 2. The van der Waals surface area contributed by atoms with Gasteiger partial charge in [0.2, 0.25) is 0 Å². The van der Waals surface area contributed by atoms with E-state index in [2.05, 4.69) is 34.6 Å². The van der Waals surface area contributed by atoms with Crippen LogP contribution < -0.4 is 5.43 Å². The molecular formula is C19H19N3O2. The van der Waals surface area contributed by atoms with E-state index in [1.165, 1.54) is 17.8 Å². The molecule has 0 spiro atoms. The maximum Gasteiger partial charge on any atom is 0.166 e. The molecule has 0 atom stereocenters. The Morgan fingerprint density at radius 3 is 2.62 bits per heavy atom. The summed E-state index contributed by atoms with van der Waals surface area (Å²) in [5, 5.41) is 24.5. The van der Waals surface area contributed by atoms with Crippen LogP contribution in [-0.2, 0) is 0 Å². The number of nitrogens with one attached hydrogen (secondary N) is 1. The molecule has 122 valence electrons. The lowest BCUT2D eigenvalue weighted by atomic mass is 10.0. The molecule has 5 nitrogen and oxygen atoms in total. The average molecular weight is 321 g/mol. The van der Waals surface area contributed by atoms with Crippen LogP contribution in [0.4, 0.5) is 5.82 Å². The van der Waals surface area contributed by atoms with Gasteiger partial charge < -0.3 is 10.2 Å². The number of fused-ring (bicyclic) bond motifs is 1. The van der Waals surface area contributed by atoms with Crippen LogP contribution in [-0.4, -0.2) is 21.4 Å². The molecule has 2 aromatic carbocycles. The number of hydrogen-bond donors (Lipinski definition) is 3. The molecule has 3 N–H and O–H groups in total. The number of phenolic OH excluding ortho intramolecular Hbond substituents is 2. The third-order valence-electron chi connectivity index (χ3n) is 3.88. The van der Waals surface area contributed by atoms with E-state index in [0.717, 1.165) is 22.0 Å². The van der Waals surface area contributed by atoms with Gasteiger partial charge in [-0.3, -0.25) is 5.43 Å². The number of hydrazone groups is 1. The first-order valence-corrected chi connectivity index (χ1v) is 7.64. The second-order valence-corrected chi connectivity index (χ2v) is 5.89. The number of anilines is 1. The summed E-state index contributed by atoms with van der Waals surface area (Å²) >= 11 is 0. The van der Waals surface area contributed by atoms with Crippen molar-refractivity contribution in [2.24, 2.45) is 5.10 Å². The Bertz CT molecular complexity index is 949. The quantitative estimate of drug-likeness (QED) is 0.387. The molecule has 0 amide bonds. The maximum absolute atomic E-state index is 9.76. The van der Waals surface area contributed by atoms with Crippen LogP contribution in [0.2, 0.25) is 0 Å². The molecule has 24 heavy (non-hydrogen) atoms. The van der Waals surface area contributed by atoms with E-state index in [0.29, 0.717) is 11.4 Å². The van der Waals surface area contributed by atoms with Gasteiger partial charge in [0.25, 0.3) is 0 Å². The Balaban J connectivity index is 1.91. The molecule has 1 aromatic heterocycles. The summed E-state index contributed by atoms with van der Waals surface area (Å²) in [7, 11) is 0. The molecule has 5 heteroatoms.